The van der Waals surface area contributed by atoms with E-state index in [9.17, 15) is 0 Å². The van der Waals surface area contributed by atoms with Crippen molar-refractivity contribution in [3.8, 4) is 19.1 Å². The van der Waals surface area contributed by atoms with Gasteiger partial charge in [-0.3, -0.25) is 0 Å². The summed E-state index contributed by atoms with van der Waals surface area (Å²) in [6.45, 7) is 27.8. The van der Waals surface area contributed by atoms with Gasteiger partial charge in [0.1, 0.15) is 0 Å². The molecule has 56 heavy (non-hydrogen) atoms. The molecule has 0 nitrogen and oxygen atoms in total. The molecule has 0 aliphatic rings. The van der Waals surface area contributed by atoms with Crippen molar-refractivity contribution in [2.45, 2.75) is 83.1 Å². The summed E-state index contributed by atoms with van der Waals surface area (Å²) in [5.74, 6) is 0. The van der Waals surface area contributed by atoms with E-state index < -0.39 is 0 Å². The van der Waals surface area contributed by atoms with Gasteiger partial charge in [0.2, 0.25) is 0 Å². The first-order valence-corrected chi connectivity index (χ1v) is 23.9. The predicted molar refractivity (Wildman–Crippen MR) is 257 cm³/mol. The molecule has 0 atom stereocenters. The molecule has 8 aromatic rings. The number of fused-ring (bicyclic) bond motifs is 1. The minimum absolute atomic E-state index is 0.217. The Morgan fingerprint density at radius 3 is 1.05 bits per heavy atom. The number of hydrogen-bond donors (Lipinski definition) is 0. The normalized spacial score (nSPS) is 11.6. The fourth-order valence-electron chi connectivity index (χ4n) is 9.80. The third kappa shape index (κ3) is 7.22. The zero-order valence-corrected chi connectivity index (χ0v) is 39.0. The van der Waals surface area contributed by atoms with E-state index >= 15 is 0 Å². The van der Waals surface area contributed by atoms with E-state index in [1.807, 2.05) is 34.0 Å². The fraction of sp³-hybridized carbons (Fsp3) is 0.240. The maximum atomic E-state index is 2.51. The average Bonchev–Trinajstić information content (AvgIpc) is 3.89. The first-order chi connectivity index (χ1) is 26.7. The molecule has 8 rings (SSSR count). The third-order valence-corrected chi connectivity index (χ3v) is 18.2. The molecular weight excluding hydrogens is 797 g/mol. The summed E-state index contributed by atoms with van der Waals surface area (Å²) in [4.78, 5) is 4.21. The second-order valence-corrected chi connectivity index (χ2v) is 22.1. The van der Waals surface area contributed by atoms with Gasteiger partial charge in [0.25, 0.3) is 0 Å². The van der Waals surface area contributed by atoms with Gasteiger partial charge >= 0.3 is 356 Å². The monoisotopic (exact) mass is 848 g/mol. The number of aryl methyl sites for hydroxylation is 12. The average molecular weight is 848 g/mol. The molecule has 6 heteroatoms. The van der Waals surface area contributed by atoms with E-state index in [2.05, 4.69) is 168 Å². The van der Waals surface area contributed by atoms with Crippen LogP contribution in [-0.4, -0.2) is 27.9 Å². The molecular formula is C50H50B2S3Se. The fourth-order valence-corrected chi connectivity index (χ4v) is 16.3. The molecule has 0 saturated heterocycles. The number of thiophene rings is 3. The minimum atomic E-state index is 0.217. The second kappa shape index (κ2) is 15.3. The molecule has 0 saturated carbocycles. The van der Waals surface area contributed by atoms with Gasteiger partial charge in [0, 0.05) is 0 Å². The first-order valence-electron chi connectivity index (χ1n) is 19.7. The third-order valence-electron chi connectivity index (χ3n) is 11.6. The molecule has 0 radical (unpaired) electrons. The van der Waals surface area contributed by atoms with Gasteiger partial charge in [-0.05, 0) is 0 Å². The molecule has 0 bridgehead atoms. The van der Waals surface area contributed by atoms with Crippen LogP contribution in [0.1, 0.15) is 66.8 Å². The van der Waals surface area contributed by atoms with Crippen LogP contribution in [0.2, 0.25) is 0 Å². The van der Waals surface area contributed by atoms with E-state index in [4.69, 9.17) is 0 Å². The van der Waals surface area contributed by atoms with E-state index in [-0.39, 0.29) is 27.9 Å². The zero-order valence-electron chi connectivity index (χ0n) is 34.9. The molecule has 0 N–H and O–H groups in total. The van der Waals surface area contributed by atoms with Crippen molar-refractivity contribution < 1.29 is 0 Å². The topological polar surface area (TPSA) is 0 Å². The van der Waals surface area contributed by atoms with Crippen molar-refractivity contribution in [2.24, 2.45) is 0 Å². The van der Waals surface area contributed by atoms with Crippen molar-refractivity contribution in [3.05, 3.63) is 152 Å². The summed E-state index contributed by atoms with van der Waals surface area (Å²) in [6.07, 6.45) is 0. The zero-order chi connectivity index (χ0) is 39.7. The Morgan fingerprint density at radius 2 is 0.696 bits per heavy atom. The van der Waals surface area contributed by atoms with Crippen LogP contribution in [-0.2, 0) is 0 Å². The van der Waals surface area contributed by atoms with Crippen LogP contribution < -0.4 is 31.4 Å². The second-order valence-electron chi connectivity index (χ2n) is 16.5. The molecule has 0 unspecified atom stereocenters. The molecule has 0 fully saturated rings. The van der Waals surface area contributed by atoms with Crippen LogP contribution in [0.25, 0.3) is 28.0 Å². The van der Waals surface area contributed by atoms with Gasteiger partial charge in [-0.25, -0.2) is 0 Å². The molecule has 0 spiro atoms. The van der Waals surface area contributed by atoms with Crippen LogP contribution in [0.4, 0.5) is 0 Å². The Bertz CT molecular complexity index is 2380. The van der Waals surface area contributed by atoms with E-state index in [0.29, 0.717) is 0 Å². The van der Waals surface area contributed by atoms with Gasteiger partial charge in [-0.2, -0.15) is 0 Å². The van der Waals surface area contributed by atoms with E-state index in [1.54, 1.807) is 0 Å². The number of benzene rings is 4. The molecule has 280 valence electrons. The Morgan fingerprint density at radius 1 is 0.357 bits per heavy atom. The van der Waals surface area contributed by atoms with Crippen molar-refractivity contribution in [1.82, 2.24) is 0 Å². The summed E-state index contributed by atoms with van der Waals surface area (Å²) in [6, 6.07) is 33.6. The van der Waals surface area contributed by atoms with Crippen LogP contribution >= 0.6 is 34.0 Å². The summed E-state index contributed by atoms with van der Waals surface area (Å²) in [5.41, 5.74) is 22.3. The molecule has 4 heterocycles. The summed E-state index contributed by atoms with van der Waals surface area (Å²) in [7, 11) is 0. The molecule has 4 aromatic heterocycles. The molecule has 0 aliphatic carbocycles. The van der Waals surface area contributed by atoms with Crippen molar-refractivity contribution >= 4 is 102 Å². The van der Waals surface area contributed by atoms with Gasteiger partial charge < -0.3 is 0 Å². The van der Waals surface area contributed by atoms with Crippen molar-refractivity contribution in [2.75, 3.05) is 0 Å². The SMILES string of the molecule is Cc1cc(C)c(B(c2ccc(-c3cc4[se]c(-c5ccc(B(c6c(C)cc(C)cc6C)c6c(C)cc(C)cc6C)s5)cc4s3)s2)c2c(C)cc(C)cc2C)c(C)c1. The van der Waals surface area contributed by atoms with Gasteiger partial charge in [-0.15, -0.1) is 0 Å². The number of hydrogen-bond acceptors (Lipinski definition) is 3. The quantitative estimate of drug-likeness (QED) is 0.134. The summed E-state index contributed by atoms with van der Waals surface area (Å²) < 4.78 is 7.35. The Hall–Kier alpha value is -3.63. The van der Waals surface area contributed by atoms with Gasteiger partial charge in [0.15, 0.2) is 0 Å². The maximum absolute atomic E-state index is 2.51. The van der Waals surface area contributed by atoms with Crippen molar-refractivity contribution in [1.29, 1.82) is 0 Å². The summed E-state index contributed by atoms with van der Waals surface area (Å²) >= 11 is 6.25. The standard InChI is InChI=1S/C50H50B2S3Se/c1-27-17-31(5)47(32(6)18-27)51(48-33(7)19-28(2)20-34(48)8)45-15-13-39(54-45)41-25-44-42(53-41)26-43(56-44)40-14-16-46(55-40)52(49-35(9)21-29(3)22-36(49)10)50-37(11)23-30(4)24-38(50)12/h13-26H,1-12H3. The predicted octanol–water partition coefficient (Wildman–Crippen LogP) is 10.1. The Kier molecular flexibility index (Phi) is 10.7. The van der Waals surface area contributed by atoms with E-state index in [1.165, 1.54) is 126 Å². The molecule has 0 amide bonds. The van der Waals surface area contributed by atoms with Crippen molar-refractivity contribution in [3.63, 3.8) is 0 Å². The van der Waals surface area contributed by atoms with Crippen LogP contribution in [0.15, 0.2) is 84.9 Å². The van der Waals surface area contributed by atoms with E-state index in [0.717, 1.165) is 0 Å². The molecule has 4 aromatic carbocycles. The molecule has 0 aliphatic heterocycles. The number of rotatable bonds is 8. The van der Waals surface area contributed by atoms with Crippen LogP contribution in [0, 0.1) is 83.1 Å². The Labute approximate surface area is 353 Å². The Balaban J connectivity index is 1.16. The van der Waals surface area contributed by atoms with Crippen LogP contribution in [0.5, 0.6) is 0 Å². The van der Waals surface area contributed by atoms with Crippen LogP contribution in [0.3, 0.4) is 0 Å². The van der Waals surface area contributed by atoms with Gasteiger partial charge in [0.05, 0.1) is 0 Å². The van der Waals surface area contributed by atoms with Gasteiger partial charge in [-0.1, -0.05) is 0 Å². The first kappa shape index (κ1) is 39.2. The summed E-state index contributed by atoms with van der Waals surface area (Å²) in [5, 5.41) is 0.